The van der Waals surface area contributed by atoms with Gasteiger partial charge in [0.1, 0.15) is 0 Å². The molecule has 0 unspecified atom stereocenters. The summed E-state index contributed by atoms with van der Waals surface area (Å²) in [5.41, 5.74) is 6.18. The van der Waals surface area contributed by atoms with Gasteiger partial charge in [0.05, 0.1) is 26.4 Å². The van der Waals surface area contributed by atoms with Crippen LogP contribution in [0.4, 0.5) is 5.69 Å². The van der Waals surface area contributed by atoms with E-state index in [-0.39, 0.29) is 0 Å². The number of rotatable bonds is 0. The van der Waals surface area contributed by atoms with Crippen molar-refractivity contribution in [3.05, 3.63) is 30.3 Å². The highest BCUT2D eigenvalue weighted by atomic mass is 17.5. The maximum absolute atomic E-state index is 5.36. The lowest BCUT2D eigenvalue weighted by Gasteiger charge is -2.06. The van der Waals surface area contributed by atoms with E-state index in [0.29, 0.717) is 26.4 Å². The molecule has 2 fully saturated rings. The predicted octanol–water partition coefficient (Wildman–Crippen LogP) is 1.81. The van der Waals surface area contributed by atoms with Crippen LogP contribution in [0.15, 0.2) is 30.3 Å². The Kier molecular flexibility index (Phi) is 9.87. The largest absolute Gasteiger partial charge is 0.399 e. The van der Waals surface area contributed by atoms with Crippen molar-refractivity contribution in [1.82, 2.24) is 0 Å². The van der Waals surface area contributed by atoms with Gasteiger partial charge in [0.25, 0.3) is 0 Å². The molecule has 3 rings (SSSR count). The molecule has 0 radical (unpaired) electrons. The number of para-hydroxylation sites is 1. The van der Waals surface area contributed by atoms with Gasteiger partial charge in [-0.05, 0) is 12.1 Å². The van der Waals surface area contributed by atoms with Crippen LogP contribution in [-0.4, -0.2) is 26.4 Å². The quantitative estimate of drug-likeness (QED) is 0.570. The number of nitrogens with two attached hydrogens (primary N) is 1. The first-order valence-corrected chi connectivity index (χ1v) is 6.02. The molecule has 0 atom stereocenters. The zero-order chi connectivity index (χ0) is 13.6. The van der Waals surface area contributed by atoms with Gasteiger partial charge < -0.3 is 5.73 Å². The fraction of sp³-hybridized carbons (Fsp3) is 0.500. The van der Waals surface area contributed by atoms with E-state index in [9.17, 15) is 0 Å². The summed E-state index contributed by atoms with van der Waals surface area (Å²) in [4.78, 5) is 17.4. The molecule has 2 heterocycles. The minimum Gasteiger partial charge on any atom is -0.399 e. The van der Waals surface area contributed by atoms with Crippen molar-refractivity contribution in [3.8, 4) is 0 Å². The summed E-state index contributed by atoms with van der Waals surface area (Å²) in [7, 11) is 0. The molecule has 0 aliphatic carbocycles. The number of anilines is 1. The number of hydrogen-bond acceptors (Lipinski definition) is 7. The van der Waals surface area contributed by atoms with Crippen molar-refractivity contribution in [2.75, 3.05) is 32.2 Å². The van der Waals surface area contributed by atoms with E-state index in [1.54, 1.807) is 0 Å². The second-order valence-electron chi connectivity index (χ2n) is 3.54. The molecule has 108 valence electrons. The molecule has 0 saturated carbocycles. The summed E-state index contributed by atoms with van der Waals surface area (Å²) >= 11 is 0. The standard InChI is InChI=1S/C6H7N.2C3H6O3/c7-6-4-2-1-3-5-6;2*1-2-4-6-5-3-1/h1-5H,7H2;2*1-3H2. The van der Waals surface area contributed by atoms with E-state index in [0.717, 1.165) is 18.5 Å². The van der Waals surface area contributed by atoms with Gasteiger partial charge in [0, 0.05) is 18.5 Å². The van der Waals surface area contributed by atoms with E-state index in [2.05, 4.69) is 29.6 Å². The highest BCUT2D eigenvalue weighted by Gasteiger charge is 1.97. The minimum atomic E-state index is 0.653. The van der Waals surface area contributed by atoms with Gasteiger partial charge in [-0.1, -0.05) is 28.3 Å². The van der Waals surface area contributed by atoms with E-state index < -0.39 is 0 Å². The van der Waals surface area contributed by atoms with Crippen LogP contribution in [0.1, 0.15) is 12.8 Å². The first-order chi connectivity index (χ1) is 9.39. The van der Waals surface area contributed by atoms with Gasteiger partial charge in [0.2, 0.25) is 0 Å². The first-order valence-electron chi connectivity index (χ1n) is 6.02. The summed E-state index contributed by atoms with van der Waals surface area (Å²) in [5.74, 6) is 0. The Morgan fingerprint density at radius 3 is 1.26 bits per heavy atom. The molecular formula is C12H19NO6. The maximum atomic E-state index is 5.36. The lowest BCUT2D eigenvalue weighted by Crippen LogP contribution is -2.08. The summed E-state index contributed by atoms with van der Waals surface area (Å²) in [6, 6.07) is 9.49. The molecule has 2 aliphatic rings. The summed E-state index contributed by atoms with van der Waals surface area (Å²) in [5, 5.41) is 8.14. The third-order valence-electron chi connectivity index (χ3n) is 1.90. The molecule has 1 aromatic rings. The maximum Gasteiger partial charge on any atom is 0.0877 e. The molecule has 0 aromatic heterocycles. The van der Waals surface area contributed by atoms with Crippen LogP contribution >= 0.6 is 0 Å². The molecular weight excluding hydrogens is 254 g/mol. The molecule has 7 heteroatoms. The molecule has 0 spiro atoms. The normalized spacial score (nSPS) is 18.3. The fourth-order valence-corrected chi connectivity index (χ4v) is 1.01. The average Bonchev–Trinajstić information content (AvgIpc) is 2.53. The Bertz CT molecular complexity index is 255. The van der Waals surface area contributed by atoms with Crippen LogP contribution in [0.3, 0.4) is 0 Å². The van der Waals surface area contributed by atoms with Crippen LogP contribution in [0.5, 0.6) is 0 Å². The van der Waals surface area contributed by atoms with Crippen LogP contribution < -0.4 is 5.73 Å². The van der Waals surface area contributed by atoms with Crippen molar-refractivity contribution >= 4 is 5.69 Å². The lowest BCUT2D eigenvalue weighted by atomic mass is 10.3. The first kappa shape index (κ1) is 15.8. The molecule has 0 amide bonds. The van der Waals surface area contributed by atoms with Crippen molar-refractivity contribution in [1.29, 1.82) is 0 Å². The fourth-order valence-electron chi connectivity index (χ4n) is 1.01. The van der Waals surface area contributed by atoms with Crippen LogP contribution in [-0.2, 0) is 29.6 Å². The van der Waals surface area contributed by atoms with E-state index in [1.165, 1.54) is 0 Å². The minimum absolute atomic E-state index is 0.653. The Hall–Kier alpha value is -1.22. The highest BCUT2D eigenvalue weighted by Crippen LogP contribution is 1.96. The van der Waals surface area contributed by atoms with Crippen LogP contribution in [0.2, 0.25) is 0 Å². The predicted molar refractivity (Wildman–Crippen MR) is 66.1 cm³/mol. The molecule has 1 aromatic carbocycles. The van der Waals surface area contributed by atoms with E-state index in [4.69, 9.17) is 5.73 Å². The third-order valence-corrected chi connectivity index (χ3v) is 1.90. The van der Waals surface area contributed by atoms with Crippen LogP contribution in [0.25, 0.3) is 0 Å². The van der Waals surface area contributed by atoms with Crippen LogP contribution in [0, 0.1) is 0 Å². The summed E-state index contributed by atoms with van der Waals surface area (Å²) < 4.78 is 0. The number of hydrogen-bond donors (Lipinski definition) is 1. The molecule has 19 heavy (non-hydrogen) atoms. The molecule has 2 aliphatic heterocycles. The van der Waals surface area contributed by atoms with E-state index >= 15 is 0 Å². The van der Waals surface area contributed by atoms with E-state index in [1.807, 2.05) is 30.3 Å². The third kappa shape index (κ3) is 10.4. The van der Waals surface area contributed by atoms with Crippen molar-refractivity contribution in [3.63, 3.8) is 0 Å². The van der Waals surface area contributed by atoms with Crippen molar-refractivity contribution in [2.24, 2.45) is 0 Å². The van der Waals surface area contributed by atoms with Gasteiger partial charge in [-0.2, -0.15) is 0 Å². The zero-order valence-electron chi connectivity index (χ0n) is 10.7. The van der Waals surface area contributed by atoms with Gasteiger partial charge in [0.15, 0.2) is 0 Å². The molecule has 0 bridgehead atoms. The Balaban J connectivity index is 0.000000143. The topological polar surface area (TPSA) is 81.4 Å². The Morgan fingerprint density at radius 2 is 1.11 bits per heavy atom. The second-order valence-corrected chi connectivity index (χ2v) is 3.54. The van der Waals surface area contributed by atoms with Gasteiger partial charge >= 0.3 is 0 Å². The SMILES string of the molecule is C1COOOC1.C1COOOC1.Nc1ccccc1. The molecule has 2 saturated heterocycles. The highest BCUT2D eigenvalue weighted by molar-refractivity contribution is 5.35. The van der Waals surface area contributed by atoms with Gasteiger partial charge in [-0.15, -0.1) is 0 Å². The van der Waals surface area contributed by atoms with Crippen molar-refractivity contribution in [2.45, 2.75) is 12.8 Å². The monoisotopic (exact) mass is 273 g/mol. The van der Waals surface area contributed by atoms with Gasteiger partial charge in [-0.3, -0.25) is 0 Å². The zero-order valence-corrected chi connectivity index (χ0v) is 10.7. The lowest BCUT2D eigenvalue weighted by molar-refractivity contribution is -0.532. The molecule has 7 nitrogen and oxygen atoms in total. The number of nitrogen functional groups attached to an aromatic ring is 1. The molecule has 2 N–H and O–H groups in total. The number of benzene rings is 1. The smallest absolute Gasteiger partial charge is 0.0877 e. The average molecular weight is 273 g/mol. The Morgan fingerprint density at radius 1 is 0.684 bits per heavy atom. The Labute approximate surface area is 111 Å². The van der Waals surface area contributed by atoms with Gasteiger partial charge in [-0.25, -0.2) is 19.6 Å². The summed E-state index contributed by atoms with van der Waals surface area (Å²) in [6.07, 6.45) is 1.86. The second kappa shape index (κ2) is 11.8. The summed E-state index contributed by atoms with van der Waals surface area (Å²) in [6.45, 7) is 2.61. The van der Waals surface area contributed by atoms with Crippen molar-refractivity contribution < 1.29 is 29.6 Å².